The van der Waals surface area contributed by atoms with Crippen LogP contribution >= 0.6 is 0 Å². The Bertz CT molecular complexity index is 783. The van der Waals surface area contributed by atoms with E-state index in [0.717, 1.165) is 6.08 Å². The van der Waals surface area contributed by atoms with E-state index in [1.54, 1.807) is 42.5 Å². The van der Waals surface area contributed by atoms with Gasteiger partial charge in [-0.15, -0.1) is 0 Å². The number of carboxylic acid groups (broad SMARTS) is 1. The predicted octanol–water partition coefficient (Wildman–Crippen LogP) is 3.05. The van der Waals surface area contributed by atoms with E-state index in [2.05, 4.69) is 5.32 Å². The highest BCUT2D eigenvalue weighted by Crippen LogP contribution is 2.25. The number of methoxy groups -OCH3 is 2. The molecule has 0 unspecified atom stereocenters. The van der Waals surface area contributed by atoms with Gasteiger partial charge in [-0.2, -0.15) is 0 Å². The minimum absolute atomic E-state index is 0.339. The van der Waals surface area contributed by atoms with Gasteiger partial charge in [-0.05, 0) is 35.9 Å². The van der Waals surface area contributed by atoms with Crippen LogP contribution in [0.1, 0.15) is 15.9 Å². The Kier molecular flexibility index (Phi) is 5.57. The Balaban J connectivity index is 2.21. The fraction of sp³-hybridized carbons (Fsp3) is 0.111. The zero-order valence-corrected chi connectivity index (χ0v) is 13.3. The Hall–Kier alpha value is -3.28. The van der Waals surface area contributed by atoms with E-state index in [1.807, 2.05) is 0 Å². The highest BCUT2D eigenvalue weighted by atomic mass is 16.5. The van der Waals surface area contributed by atoms with Crippen molar-refractivity contribution in [2.75, 3.05) is 19.5 Å². The Morgan fingerprint density at radius 2 is 1.88 bits per heavy atom. The molecule has 2 rings (SSSR count). The summed E-state index contributed by atoms with van der Waals surface area (Å²) in [5, 5.41) is 11.4. The van der Waals surface area contributed by atoms with Crippen molar-refractivity contribution in [2.24, 2.45) is 0 Å². The molecular weight excluding hydrogens is 310 g/mol. The van der Waals surface area contributed by atoms with Gasteiger partial charge in [-0.1, -0.05) is 12.1 Å². The number of hydrogen-bond donors (Lipinski definition) is 2. The first-order valence-corrected chi connectivity index (χ1v) is 7.08. The molecule has 0 saturated carbocycles. The van der Waals surface area contributed by atoms with Crippen molar-refractivity contribution in [3.05, 3.63) is 59.7 Å². The predicted molar refractivity (Wildman–Crippen MR) is 90.6 cm³/mol. The Labute approximate surface area is 139 Å². The van der Waals surface area contributed by atoms with E-state index < -0.39 is 5.97 Å². The normalized spacial score (nSPS) is 10.4. The number of ether oxygens (including phenoxy) is 2. The third-order valence-corrected chi connectivity index (χ3v) is 3.22. The lowest BCUT2D eigenvalue weighted by molar-refractivity contribution is -0.131. The average molecular weight is 327 g/mol. The molecule has 0 bridgehead atoms. The van der Waals surface area contributed by atoms with Crippen LogP contribution in [-0.4, -0.2) is 31.2 Å². The highest BCUT2D eigenvalue weighted by molar-refractivity contribution is 6.06. The van der Waals surface area contributed by atoms with Crippen LogP contribution in [0.25, 0.3) is 6.08 Å². The summed E-state index contributed by atoms with van der Waals surface area (Å²) in [5.41, 5.74) is 1.58. The smallest absolute Gasteiger partial charge is 0.328 e. The maximum atomic E-state index is 12.4. The summed E-state index contributed by atoms with van der Waals surface area (Å²) in [7, 11) is 3.01. The standard InChI is InChI=1S/C18H17NO5/c1-23-14-7-8-15(16(11-14)24-2)18(22)19-13-5-3-4-12(10-13)6-9-17(20)21/h3-11H,1-2H3,(H,19,22)(H,20,21)/b9-6+. The number of amides is 1. The van der Waals surface area contributed by atoms with Crippen LogP contribution in [0, 0.1) is 0 Å². The lowest BCUT2D eigenvalue weighted by Gasteiger charge is -2.11. The molecule has 2 N–H and O–H groups in total. The number of carboxylic acids is 1. The molecule has 0 heterocycles. The molecule has 1 amide bonds. The van der Waals surface area contributed by atoms with Crippen LogP contribution in [0.2, 0.25) is 0 Å². The summed E-state index contributed by atoms with van der Waals surface area (Å²) in [6, 6.07) is 11.8. The summed E-state index contributed by atoms with van der Waals surface area (Å²) in [5.74, 6) is -0.390. The number of rotatable bonds is 6. The number of carbonyl (C=O) groups is 2. The topological polar surface area (TPSA) is 84.9 Å². The lowest BCUT2D eigenvalue weighted by Crippen LogP contribution is -2.13. The number of benzene rings is 2. The molecule has 0 aliphatic carbocycles. The average Bonchev–Trinajstić information content (AvgIpc) is 2.59. The van der Waals surface area contributed by atoms with Crippen molar-refractivity contribution < 1.29 is 24.2 Å². The van der Waals surface area contributed by atoms with Gasteiger partial charge in [0, 0.05) is 17.8 Å². The molecular formula is C18H17NO5. The van der Waals surface area contributed by atoms with Gasteiger partial charge in [-0.3, -0.25) is 4.79 Å². The SMILES string of the molecule is COc1ccc(C(=O)Nc2cccc(/C=C/C(=O)O)c2)c(OC)c1. The summed E-state index contributed by atoms with van der Waals surface area (Å²) in [6.07, 6.45) is 2.49. The fourth-order valence-corrected chi connectivity index (χ4v) is 2.07. The number of hydrogen-bond acceptors (Lipinski definition) is 4. The second-order valence-corrected chi connectivity index (χ2v) is 4.82. The first kappa shape index (κ1) is 17.1. The fourth-order valence-electron chi connectivity index (χ4n) is 2.07. The van der Waals surface area contributed by atoms with Gasteiger partial charge in [0.15, 0.2) is 0 Å². The van der Waals surface area contributed by atoms with E-state index in [4.69, 9.17) is 14.6 Å². The van der Waals surface area contributed by atoms with Crippen molar-refractivity contribution in [3.63, 3.8) is 0 Å². The molecule has 0 aliphatic rings. The molecule has 0 aromatic heterocycles. The molecule has 24 heavy (non-hydrogen) atoms. The van der Waals surface area contributed by atoms with Crippen LogP contribution in [0.15, 0.2) is 48.5 Å². The van der Waals surface area contributed by atoms with Crippen molar-refractivity contribution in [1.82, 2.24) is 0 Å². The van der Waals surface area contributed by atoms with Gasteiger partial charge in [0.25, 0.3) is 5.91 Å². The number of carbonyl (C=O) groups excluding carboxylic acids is 1. The van der Waals surface area contributed by atoms with Crippen molar-refractivity contribution in [2.45, 2.75) is 0 Å². The summed E-state index contributed by atoms with van der Waals surface area (Å²) in [6.45, 7) is 0. The number of anilines is 1. The second kappa shape index (κ2) is 7.82. The third-order valence-electron chi connectivity index (χ3n) is 3.22. The molecule has 2 aromatic rings. The van der Waals surface area contributed by atoms with Crippen LogP contribution in [0.4, 0.5) is 5.69 Å². The van der Waals surface area contributed by atoms with E-state index in [-0.39, 0.29) is 5.91 Å². The Morgan fingerprint density at radius 1 is 1.08 bits per heavy atom. The summed E-state index contributed by atoms with van der Waals surface area (Å²) < 4.78 is 10.3. The maximum absolute atomic E-state index is 12.4. The monoisotopic (exact) mass is 327 g/mol. The third kappa shape index (κ3) is 4.36. The summed E-state index contributed by atoms with van der Waals surface area (Å²) in [4.78, 5) is 23.0. The van der Waals surface area contributed by atoms with E-state index in [9.17, 15) is 9.59 Å². The van der Waals surface area contributed by atoms with E-state index in [1.165, 1.54) is 20.3 Å². The molecule has 6 heteroatoms. The highest BCUT2D eigenvalue weighted by Gasteiger charge is 2.13. The van der Waals surface area contributed by atoms with E-state index >= 15 is 0 Å². The molecule has 0 radical (unpaired) electrons. The molecule has 0 aliphatic heterocycles. The molecule has 124 valence electrons. The van der Waals surface area contributed by atoms with Crippen LogP contribution in [-0.2, 0) is 4.79 Å². The minimum Gasteiger partial charge on any atom is -0.497 e. The largest absolute Gasteiger partial charge is 0.497 e. The lowest BCUT2D eigenvalue weighted by atomic mass is 10.1. The maximum Gasteiger partial charge on any atom is 0.328 e. The Morgan fingerprint density at radius 3 is 2.54 bits per heavy atom. The van der Waals surface area contributed by atoms with Crippen molar-refractivity contribution in [1.29, 1.82) is 0 Å². The van der Waals surface area contributed by atoms with Gasteiger partial charge < -0.3 is 19.9 Å². The molecule has 0 atom stereocenters. The van der Waals surface area contributed by atoms with E-state index in [0.29, 0.717) is 28.3 Å². The minimum atomic E-state index is -1.03. The molecule has 0 fully saturated rings. The summed E-state index contributed by atoms with van der Waals surface area (Å²) >= 11 is 0. The molecule has 0 spiro atoms. The van der Waals surface area contributed by atoms with Crippen molar-refractivity contribution >= 4 is 23.6 Å². The van der Waals surface area contributed by atoms with Gasteiger partial charge in [0.1, 0.15) is 11.5 Å². The molecule has 2 aromatic carbocycles. The zero-order valence-electron chi connectivity index (χ0n) is 13.3. The van der Waals surface area contributed by atoms with Crippen LogP contribution in [0.5, 0.6) is 11.5 Å². The first-order valence-electron chi connectivity index (χ1n) is 7.08. The first-order chi connectivity index (χ1) is 11.5. The quantitative estimate of drug-likeness (QED) is 0.797. The van der Waals surface area contributed by atoms with Gasteiger partial charge in [-0.25, -0.2) is 4.79 Å². The van der Waals surface area contributed by atoms with Crippen LogP contribution in [0.3, 0.4) is 0 Å². The van der Waals surface area contributed by atoms with Crippen LogP contribution < -0.4 is 14.8 Å². The van der Waals surface area contributed by atoms with Crippen molar-refractivity contribution in [3.8, 4) is 11.5 Å². The van der Waals surface area contributed by atoms with Gasteiger partial charge in [0.2, 0.25) is 0 Å². The number of aliphatic carboxylic acids is 1. The van der Waals surface area contributed by atoms with Gasteiger partial charge in [0.05, 0.1) is 19.8 Å². The molecule has 0 saturated heterocycles. The van der Waals surface area contributed by atoms with Gasteiger partial charge >= 0.3 is 5.97 Å². The zero-order chi connectivity index (χ0) is 17.5. The number of nitrogens with one attached hydrogen (secondary N) is 1. The second-order valence-electron chi connectivity index (χ2n) is 4.82. The molecule has 6 nitrogen and oxygen atoms in total.